The second-order valence-electron chi connectivity index (χ2n) is 8.23. The Hall–Kier alpha value is -2.14. The van der Waals surface area contributed by atoms with Gasteiger partial charge < -0.3 is 9.80 Å². The average molecular weight is 443 g/mol. The van der Waals surface area contributed by atoms with Crippen LogP contribution in [0.1, 0.15) is 74.1 Å². The number of unbranched alkanes of at least 4 members (excludes halogenated alkanes) is 4. The van der Waals surface area contributed by atoms with Gasteiger partial charge in [-0.1, -0.05) is 69.9 Å². The molecule has 2 aromatic rings. The van der Waals surface area contributed by atoms with Gasteiger partial charge in [0, 0.05) is 29.3 Å². The van der Waals surface area contributed by atoms with E-state index in [4.69, 9.17) is 0 Å². The number of amides is 2. The zero-order chi connectivity index (χ0) is 22.5. The maximum absolute atomic E-state index is 13.3. The van der Waals surface area contributed by atoms with Crippen LogP contribution in [0.3, 0.4) is 0 Å². The molecule has 0 atom stereocenters. The van der Waals surface area contributed by atoms with E-state index in [9.17, 15) is 9.59 Å². The van der Waals surface area contributed by atoms with Crippen LogP contribution in [0.5, 0.6) is 0 Å². The molecule has 0 aliphatic rings. The van der Waals surface area contributed by atoms with Gasteiger partial charge in [-0.05, 0) is 37.5 Å². The van der Waals surface area contributed by atoms with E-state index in [0.29, 0.717) is 26.1 Å². The lowest BCUT2D eigenvalue weighted by molar-refractivity contribution is -0.141. The maximum Gasteiger partial charge on any atom is 0.242 e. The van der Waals surface area contributed by atoms with Gasteiger partial charge in [0.1, 0.15) is 0 Å². The van der Waals surface area contributed by atoms with Crippen LogP contribution in [0.2, 0.25) is 0 Å². The molecule has 4 nitrogen and oxygen atoms in total. The van der Waals surface area contributed by atoms with E-state index in [2.05, 4.69) is 32.9 Å². The molecule has 5 heteroatoms. The van der Waals surface area contributed by atoms with Crippen LogP contribution in [-0.2, 0) is 22.7 Å². The minimum absolute atomic E-state index is 0.0164. The molecule has 31 heavy (non-hydrogen) atoms. The monoisotopic (exact) mass is 442 g/mol. The van der Waals surface area contributed by atoms with Gasteiger partial charge in [0.2, 0.25) is 11.8 Å². The summed E-state index contributed by atoms with van der Waals surface area (Å²) in [6.45, 7) is 8.27. The van der Waals surface area contributed by atoms with Crippen LogP contribution in [0, 0.1) is 6.92 Å². The number of nitrogens with zero attached hydrogens (tertiary/aromatic N) is 2. The minimum Gasteiger partial charge on any atom is -0.333 e. The van der Waals surface area contributed by atoms with Crippen molar-refractivity contribution in [3.05, 3.63) is 57.8 Å². The molecular formula is C26H38N2O2S. The summed E-state index contributed by atoms with van der Waals surface area (Å²) in [5, 5.41) is 0. The normalized spacial score (nSPS) is 10.8. The third-order valence-corrected chi connectivity index (χ3v) is 6.36. The van der Waals surface area contributed by atoms with Gasteiger partial charge in [0.15, 0.2) is 0 Å². The molecule has 0 fully saturated rings. The van der Waals surface area contributed by atoms with Crippen LogP contribution < -0.4 is 0 Å². The smallest absolute Gasteiger partial charge is 0.242 e. The third kappa shape index (κ3) is 9.26. The number of hydrogen-bond acceptors (Lipinski definition) is 3. The largest absolute Gasteiger partial charge is 0.333 e. The molecule has 0 unspecified atom stereocenters. The molecule has 1 aromatic carbocycles. The van der Waals surface area contributed by atoms with Crippen LogP contribution in [-0.4, -0.2) is 34.7 Å². The van der Waals surface area contributed by atoms with Crippen molar-refractivity contribution < 1.29 is 9.59 Å². The zero-order valence-corrected chi connectivity index (χ0v) is 20.3. The lowest BCUT2D eigenvalue weighted by atomic mass is 10.1. The first-order valence-electron chi connectivity index (χ1n) is 11.7. The lowest BCUT2D eigenvalue weighted by Gasteiger charge is -2.27. The molecule has 0 saturated heterocycles. The first-order valence-corrected chi connectivity index (χ1v) is 12.5. The zero-order valence-electron chi connectivity index (χ0n) is 19.4. The quantitative estimate of drug-likeness (QED) is 0.328. The number of carbonyl (C=O) groups is 2. The van der Waals surface area contributed by atoms with Gasteiger partial charge in [-0.3, -0.25) is 9.59 Å². The Morgan fingerprint density at radius 2 is 1.55 bits per heavy atom. The van der Waals surface area contributed by atoms with Crippen molar-refractivity contribution in [1.29, 1.82) is 0 Å². The number of rotatable bonds is 14. The van der Waals surface area contributed by atoms with Crippen molar-refractivity contribution in [2.75, 3.05) is 13.1 Å². The molecule has 0 radical (unpaired) electrons. The topological polar surface area (TPSA) is 40.6 Å². The third-order valence-electron chi connectivity index (χ3n) is 5.38. The van der Waals surface area contributed by atoms with Crippen LogP contribution in [0.15, 0.2) is 42.5 Å². The first-order chi connectivity index (χ1) is 15.0. The van der Waals surface area contributed by atoms with Gasteiger partial charge in [0.25, 0.3) is 0 Å². The summed E-state index contributed by atoms with van der Waals surface area (Å²) in [5.41, 5.74) is 1.11. The first kappa shape index (κ1) is 25.1. The molecular weight excluding hydrogens is 404 g/mol. The number of aryl methyl sites for hydroxylation is 1. The highest BCUT2D eigenvalue weighted by molar-refractivity contribution is 7.11. The Morgan fingerprint density at radius 3 is 2.19 bits per heavy atom. The summed E-state index contributed by atoms with van der Waals surface area (Å²) in [6, 6.07) is 14.3. The van der Waals surface area contributed by atoms with E-state index < -0.39 is 0 Å². The molecule has 0 spiro atoms. The molecule has 1 heterocycles. The Bertz CT molecular complexity index is 788. The fourth-order valence-electron chi connectivity index (χ4n) is 3.66. The van der Waals surface area contributed by atoms with Crippen molar-refractivity contribution in [3.8, 4) is 0 Å². The highest BCUT2D eigenvalue weighted by Crippen LogP contribution is 2.19. The second kappa shape index (κ2) is 14.0. The lowest BCUT2D eigenvalue weighted by Crippen LogP contribution is -2.42. The summed E-state index contributed by atoms with van der Waals surface area (Å²) in [7, 11) is 0. The highest BCUT2D eigenvalue weighted by atomic mass is 32.1. The van der Waals surface area contributed by atoms with Crippen molar-refractivity contribution >= 4 is 23.2 Å². The average Bonchev–Trinajstić information content (AvgIpc) is 3.18. The van der Waals surface area contributed by atoms with Crippen LogP contribution >= 0.6 is 11.3 Å². The van der Waals surface area contributed by atoms with Crippen LogP contribution in [0.25, 0.3) is 0 Å². The summed E-state index contributed by atoms with van der Waals surface area (Å²) in [5.74, 6) is 0.126. The number of carbonyl (C=O) groups excluding carboxylic acids is 2. The SMILES string of the molecule is CCCCCCCC(=O)N(CCC)CC(=O)N(Cc1ccccc1)Cc1ccc(C)s1. The second-order valence-corrected chi connectivity index (χ2v) is 9.60. The standard InChI is InChI=1S/C26H38N2O2S/c1-4-6-7-8-12-15-25(29)27(18-5-2)21-26(30)28(19-23-13-10-9-11-14-23)20-24-17-16-22(3)31-24/h9-11,13-14,16-17H,4-8,12,15,18-21H2,1-3H3. The molecule has 0 aliphatic carbocycles. The van der Waals surface area contributed by atoms with Gasteiger partial charge in [-0.25, -0.2) is 0 Å². The molecule has 0 N–H and O–H groups in total. The summed E-state index contributed by atoms with van der Waals surface area (Å²) >= 11 is 1.72. The minimum atomic E-state index is 0.0164. The van der Waals surface area contributed by atoms with Crippen molar-refractivity contribution in [1.82, 2.24) is 9.80 Å². The van der Waals surface area contributed by atoms with Gasteiger partial charge >= 0.3 is 0 Å². The molecule has 2 amide bonds. The predicted octanol–water partition coefficient (Wildman–Crippen LogP) is 6.18. The number of thiophene rings is 1. The maximum atomic E-state index is 13.3. The van der Waals surface area contributed by atoms with E-state index in [1.54, 1.807) is 16.2 Å². The van der Waals surface area contributed by atoms with Gasteiger partial charge in [0.05, 0.1) is 13.1 Å². The Labute approximate surface area is 192 Å². The van der Waals surface area contributed by atoms with Crippen LogP contribution in [0.4, 0.5) is 0 Å². The molecule has 0 saturated carbocycles. The van der Waals surface area contributed by atoms with Gasteiger partial charge in [-0.2, -0.15) is 0 Å². The highest BCUT2D eigenvalue weighted by Gasteiger charge is 2.21. The molecule has 1 aromatic heterocycles. The molecule has 0 bridgehead atoms. The van der Waals surface area contributed by atoms with E-state index in [1.165, 1.54) is 29.0 Å². The van der Waals surface area contributed by atoms with Crippen molar-refractivity contribution in [2.24, 2.45) is 0 Å². The summed E-state index contributed by atoms with van der Waals surface area (Å²) < 4.78 is 0. The number of hydrogen-bond donors (Lipinski definition) is 0. The predicted molar refractivity (Wildman–Crippen MR) is 130 cm³/mol. The summed E-state index contributed by atoms with van der Waals surface area (Å²) in [4.78, 5) is 32.2. The molecule has 170 valence electrons. The van der Waals surface area contributed by atoms with E-state index in [-0.39, 0.29) is 18.4 Å². The Balaban J connectivity index is 2.02. The van der Waals surface area contributed by atoms with E-state index in [0.717, 1.165) is 24.8 Å². The Kier molecular flexibility index (Phi) is 11.4. The Morgan fingerprint density at radius 1 is 0.806 bits per heavy atom. The van der Waals surface area contributed by atoms with Crippen molar-refractivity contribution in [3.63, 3.8) is 0 Å². The van der Waals surface area contributed by atoms with Crippen molar-refractivity contribution in [2.45, 2.75) is 78.8 Å². The number of benzene rings is 1. The molecule has 0 aliphatic heterocycles. The van der Waals surface area contributed by atoms with Gasteiger partial charge in [-0.15, -0.1) is 11.3 Å². The summed E-state index contributed by atoms with van der Waals surface area (Å²) in [6.07, 6.45) is 7.01. The fourth-order valence-corrected chi connectivity index (χ4v) is 4.56. The van der Waals surface area contributed by atoms with E-state index in [1.807, 2.05) is 35.2 Å². The fraction of sp³-hybridized carbons (Fsp3) is 0.538. The van der Waals surface area contributed by atoms with E-state index >= 15 is 0 Å². The molecule has 2 rings (SSSR count).